The van der Waals surface area contributed by atoms with Gasteiger partial charge in [0.2, 0.25) is 10.0 Å². The number of nitrogens with one attached hydrogen (secondary N) is 2. The molecule has 0 aliphatic heterocycles. The molecule has 120 valence electrons. The van der Waals surface area contributed by atoms with Gasteiger partial charge >= 0.3 is 0 Å². The van der Waals surface area contributed by atoms with E-state index in [0.717, 1.165) is 24.2 Å². The van der Waals surface area contributed by atoms with E-state index in [1.54, 1.807) is 23.9 Å². The lowest BCUT2D eigenvalue weighted by Crippen LogP contribution is -2.28. The van der Waals surface area contributed by atoms with Crippen molar-refractivity contribution in [1.29, 1.82) is 0 Å². The van der Waals surface area contributed by atoms with Gasteiger partial charge < -0.3 is 5.32 Å². The fourth-order valence-corrected chi connectivity index (χ4v) is 3.69. The van der Waals surface area contributed by atoms with Crippen molar-refractivity contribution in [2.45, 2.75) is 44.2 Å². The van der Waals surface area contributed by atoms with E-state index >= 15 is 0 Å². The normalized spacial score (nSPS) is 12.0. The number of benzene rings is 1. The van der Waals surface area contributed by atoms with E-state index in [9.17, 15) is 8.42 Å². The highest BCUT2D eigenvalue weighted by Gasteiger charge is 2.17. The second-order valence-corrected chi connectivity index (χ2v) is 7.96. The van der Waals surface area contributed by atoms with E-state index in [4.69, 9.17) is 0 Å². The Morgan fingerprint density at radius 1 is 1.19 bits per heavy atom. The molecule has 1 aromatic rings. The van der Waals surface area contributed by atoms with E-state index < -0.39 is 10.0 Å². The number of unbranched alkanes of at least 4 members (excludes halogenated alkanes) is 1. The predicted octanol–water partition coefficient (Wildman–Crippen LogP) is 2.61. The second kappa shape index (κ2) is 9.46. The van der Waals surface area contributed by atoms with Gasteiger partial charge in [0, 0.05) is 19.1 Å². The van der Waals surface area contributed by atoms with Crippen LogP contribution in [0.5, 0.6) is 0 Å². The van der Waals surface area contributed by atoms with E-state index in [2.05, 4.69) is 16.3 Å². The largest absolute Gasteiger partial charge is 0.310 e. The van der Waals surface area contributed by atoms with Crippen molar-refractivity contribution in [1.82, 2.24) is 10.0 Å². The van der Waals surface area contributed by atoms with Gasteiger partial charge in [-0.05, 0) is 36.5 Å². The summed E-state index contributed by atoms with van der Waals surface area (Å²) < 4.78 is 27.5. The molecule has 6 heteroatoms. The lowest BCUT2D eigenvalue weighted by Gasteiger charge is -2.13. The summed E-state index contributed by atoms with van der Waals surface area (Å²) in [6.07, 6.45) is 3.95. The molecule has 1 rings (SSSR count). The first kappa shape index (κ1) is 18.5. The minimum absolute atomic E-state index is 0.320. The highest BCUT2D eigenvalue weighted by Crippen LogP contribution is 2.15. The molecule has 0 saturated carbocycles. The number of sulfonamides is 1. The highest BCUT2D eigenvalue weighted by atomic mass is 32.2. The minimum Gasteiger partial charge on any atom is -0.310 e. The lowest BCUT2D eigenvalue weighted by atomic mass is 10.2. The van der Waals surface area contributed by atoms with Gasteiger partial charge in [0.15, 0.2) is 0 Å². The third kappa shape index (κ3) is 6.82. The molecule has 0 unspecified atom stereocenters. The molecule has 0 spiro atoms. The molecule has 0 aliphatic rings. The van der Waals surface area contributed by atoms with Crippen LogP contribution in [0.1, 0.15) is 32.3 Å². The highest BCUT2D eigenvalue weighted by molar-refractivity contribution is 7.98. The van der Waals surface area contributed by atoms with Crippen molar-refractivity contribution in [3.8, 4) is 0 Å². The van der Waals surface area contributed by atoms with Gasteiger partial charge in [0.1, 0.15) is 0 Å². The van der Waals surface area contributed by atoms with Crippen LogP contribution in [0.2, 0.25) is 0 Å². The number of thioether (sulfide) groups is 1. The quantitative estimate of drug-likeness (QED) is 0.648. The Morgan fingerprint density at radius 2 is 1.90 bits per heavy atom. The van der Waals surface area contributed by atoms with Crippen molar-refractivity contribution in [2.24, 2.45) is 0 Å². The summed E-state index contributed by atoms with van der Waals surface area (Å²) in [7, 11) is -3.42. The molecule has 0 heterocycles. The molecule has 21 heavy (non-hydrogen) atoms. The molecule has 0 saturated heterocycles. The summed E-state index contributed by atoms with van der Waals surface area (Å²) in [5.41, 5.74) is 0.808. The molecule has 0 atom stereocenters. The Kier molecular flexibility index (Phi) is 8.33. The van der Waals surface area contributed by atoms with Gasteiger partial charge in [-0.2, -0.15) is 11.8 Å². The van der Waals surface area contributed by atoms with Crippen molar-refractivity contribution >= 4 is 21.8 Å². The van der Waals surface area contributed by atoms with Crippen LogP contribution in [0.25, 0.3) is 0 Å². The van der Waals surface area contributed by atoms with Crippen LogP contribution >= 0.6 is 11.8 Å². The van der Waals surface area contributed by atoms with E-state index in [1.165, 1.54) is 0 Å². The fourth-order valence-electron chi connectivity index (χ4n) is 1.88. The molecule has 2 N–H and O–H groups in total. The zero-order valence-corrected chi connectivity index (χ0v) is 14.7. The number of hydrogen-bond donors (Lipinski definition) is 2. The van der Waals surface area contributed by atoms with Crippen LogP contribution in [0, 0.1) is 0 Å². The summed E-state index contributed by atoms with van der Waals surface area (Å²) in [4.78, 5) is 0.378. The second-order valence-electron chi connectivity index (χ2n) is 5.24. The Morgan fingerprint density at radius 3 is 2.57 bits per heavy atom. The predicted molar refractivity (Wildman–Crippen MR) is 91.2 cm³/mol. The Balaban J connectivity index is 2.69. The molecule has 1 aromatic carbocycles. The third-order valence-corrected chi connectivity index (χ3v) is 5.29. The molecular formula is C15H26N2O2S2. The van der Waals surface area contributed by atoms with Crippen LogP contribution in [-0.2, 0) is 16.6 Å². The van der Waals surface area contributed by atoms with Crippen LogP contribution in [0.4, 0.5) is 0 Å². The van der Waals surface area contributed by atoms with E-state index in [1.807, 2.05) is 26.0 Å². The van der Waals surface area contributed by atoms with Crippen molar-refractivity contribution < 1.29 is 8.42 Å². The molecule has 0 bridgehead atoms. The average Bonchev–Trinajstić information content (AvgIpc) is 2.45. The average molecular weight is 331 g/mol. The summed E-state index contributed by atoms with van der Waals surface area (Å²) in [6.45, 7) is 5.14. The van der Waals surface area contributed by atoms with E-state index in [0.29, 0.717) is 24.0 Å². The number of rotatable bonds is 10. The van der Waals surface area contributed by atoms with Gasteiger partial charge in [-0.1, -0.05) is 32.0 Å². The Hall–Kier alpha value is -0.560. The van der Waals surface area contributed by atoms with Crippen molar-refractivity contribution in [3.63, 3.8) is 0 Å². The minimum atomic E-state index is -3.42. The van der Waals surface area contributed by atoms with Crippen molar-refractivity contribution in [3.05, 3.63) is 29.8 Å². The van der Waals surface area contributed by atoms with Crippen LogP contribution in [-0.4, -0.2) is 33.0 Å². The first-order valence-corrected chi connectivity index (χ1v) is 10.1. The molecule has 0 amide bonds. The first-order valence-electron chi connectivity index (χ1n) is 7.27. The number of hydrogen-bond acceptors (Lipinski definition) is 4. The van der Waals surface area contributed by atoms with Crippen molar-refractivity contribution in [2.75, 3.05) is 18.6 Å². The van der Waals surface area contributed by atoms with Gasteiger partial charge in [0.25, 0.3) is 0 Å². The van der Waals surface area contributed by atoms with Crippen LogP contribution in [0.3, 0.4) is 0 Å². The fraction of sp³-hybridized carbons (Fsp3) is 0.600. The van der Waals surface area contributed by atoms with Gasteiger partial charge in [-0.25, -0.2) is 13.1 Å². The topological polar surface area (TPSA) is 58.2 Å². The molecule has 0 aliphatic carbocycles. The Bertz CT molecular complexity index is 516. The smallest absolute Gasteiger partial charge is 0.240 e. The summed E-state index contributed by atoms with van der Waals surface area (Å²) in [5.74, 6) is 1.07. The first-order chi connectivity index (χ1) is 9.97. The third-order valence-electron chi connectivity index (χ3n) is 3.03. The lowest BCUT2D eigenvalue weighted by molar-refractivity contribution is 0.566. The van der Waals surface area contributed by atoms with Crippen LogP contribution in [0.15, 0.2) is 29.2 Å². The Labute approximate surface area is 133 Å². The molecular weight excluding hydrogens is 304 g/mol. The van der Waals surface area contributed by atoms with Gasteiger partial charge in [-0.3, -0.25) is 0 Å². The van der Waals surface area contributed by atoms with Gasteiger partial charge in [0.05, 0.1) is 4.90 Å². The molecule has 0 aromatic heterocycles. The van der Waals surface area contributed by atoms with E-state index in [-0.39, 0.29) is 0 Å². The standard InChI is InChI=1S/C15H26N2O2S2/c1-13(2)16-12-14-8-4-5-9-15(14)21(18,19)17-10-6-7-11-20-3/h4-5,8-9,13,16-17H,6-7,10-12H2,1-3H3. The molecule has 0 fully saturated rings. The zero-order valence-electron chi connectivity index (χ0n) is 13.1. The summed E-state index contributed by atoms with van der Waals surface area (Å²) in [6, 6.07) is 7.48. The van der Waals surface area contributed by atoms with Crippen LogP contribution < -0.4 is 10.0 Å². The summed E-state index contributed by atoms with van der Waals surface area (Å²) >= 11 is 1.78. The molecule has 4 nitrogen and oxygen atoms in total. The zero-order chi connectivity index (χ0) is 15.7. The maximum atomic E-state index is 12.4. The summed E-state index contributed by atoms with van der Waals surface area (Å²) in [5, 5.41) is 3.26. The monoisotopic (exact) mass is 330 g/mol. The maximum Gasteiger partial charge on any atom is 0.240 e. The SMILES string of the molecule is CSCCCCNS(=O)(=O)c1ccccc1CNC(C)C. The molecule has 0 radical (unpaired) electrons. The van der Waals surface area contributed by atoms with Gasteiger partial charge in [-0.15, -0.1) is 0 Å². The maximum absolute atomic E-state index is 12.4.